The molecule has 1 aliphatic heterocycles. The number of benzene rings is 2. The average molecular weight is 421 g/mol. The zero-order chi connectivity index (χ0) is 22.1. The highest BCUT2D eigenvalue weighted by atomic mass is 16.5. The summed E-state index contributed by atoms with van der Waals surface area (Å²) in [7, 11) is 4.70. The Kier molecular flexibility index (Phi) is 5.72. The minimum absolute atomic E-state index is 0.0235. The molecule has 0 saturated heterocycles. The third kappa shape index (κ3) is 3.56. The maximum absolute atomic E-state index is 13.5. The molecule has 0 aromatic heterocycles. The average Bonchev–Trinajstić information content (AvgIpc) is 2.78. The van der Waals surface area contributed by atoms with Crippen LogP contribution in [-0.4, -0.2) is 33.0 Å². The maximum Gasteiger partial charge on any atom is 0.232 e. The number of amides is 1. The van der Waals surface area contributed by atoms with Crippen LogP contribution in [0.15, 0.2) is 47.7 Å². The molecule has 2 aromatic carbocycles. The van der Waals surface area contributed by atoms with Gasteiger partial charge in [0.05, 0.1) is 27.0 Å². The summed E-state index contributed by atoms with van der Waals surface area (Å²) in [6.07, 6.45) is 2.10. The molecule has 0 spiro atoms. The normalized spacial score (nSPS) is 18.7. The van der Waals surface area contributed by atoms with Crippen molar-refractivity contribution < 1.29 is 23.8 Å². The van der Waals surface area contributed by atoms with Gasteiger partial charge in [-0.1, -0.05) is 18.2 Å². The lowest BCUT2D eigenvalue weighted by atomic mass is 9.76. The van der Waals surface area contributed by atoms with E-state index >= 15 is 0 Å². The van der Waals surface area contributed by atoms with Crippen LogP contribution >= 0.6 is 0 Å². The predicted octanol–water partition coefficient (Wildman–Crippen LogP) is 4.55. The lowest BCUT2D eigenvalue weighted by Crippen LogP contribution is -2.41. The predicted molar refractivity (Wildman–Crippen MR) is 118 cm³/mol. The van der Waals surface area contributed by atoms with Gasteiger partial charge >= 0.3 is 0 Å². The van der Waals surface area contributed by atoms with E-state index in [1.807, 2.05) is 37.3 Å². The molecule has 0 saturated carbocycles. The van der Waals surface area contributed by atoms with Crippen LogP contribution in [-0.2, 0) is 9.59 Å². The number of ketones is 1. The Bertz CT molecular complexity index is 1070. The van der Waals surface area contributed by atoms with Crippen molar-refractivity contribution in [2.75, 3.05) is 26.2 Å². The number of Topliss-reactive ketones (excluding diaryl/α,β-unsaturated/α-hetero) is 1. The standard InChI is InChI=1S/C25H27NO5/c1-15-8-5-6-9-18(15)26-19-10-7-11-20(27)25(19)17(13-24(26)28)16-12-22(30-3)23(31-4)14-21(16)29-2/h5-6,8-9,12,14,17H,7,10-11,13H2,1-4H3. The van der Waals surface area contributed by atoms with E-state index in [9.17, 15) is 9.59 Å². The molecule has 2 aromatic rings. The second kappa shape index (κ2) is 8.46. The summed E-state index contributed by atoms with van der Waals surface area (Å²) in [4.78, 5) is 28.4. The Labute approximate surface area is 182 Å². The van der Waals surface area contributed by atoms with Gasteiger partial charge in [-0.05, 0) is 37.5 Å². The summed E-state index contributed by atoms with van der Waals surface area (Å²) in [5.41, 5.74) is 4.12. The molecule has 0 fully saturated rings. The second-order valence-corrected chi connectivity index (χ2v) is 7.86. The Morgan fingerprint density at radius 2 is 1.58 bits per heavy atom. The molecule has 4 rings (SSSR count). The molecule has 6 nitrogen and oxygen atoms in total. The topological polar surface area (TPSA) is 65.1 Å². The first-order valence-electron chi connectivity index (χ1n) is 10.4. The quantitative estimate of drug-likeness (QED) is 0.709. The van der Waals surface area contributed by atoms with Gasteiger partial charge in [0.2, 0.25) is 5.91 Å². The molecule has 2 aliphatic rings. The zero-order valence-corrected chi connectivity index (χ0v) is 18.4. The summed E-state index contributed by atoms with van der Waals surface area (Å²) < 4.78 is 16.5. The number of nitrogens with zero attached hydrogens (tertiary/aromatic N) is 1. The number of carbonyl (C=O) groups is 2. The second-order valence-electron chi connectivity index (χ2n) is 7.86. The number of allylic oxidation sites excluding steroid dienone is 2. The van der Waals surface area contributed by atoms with Crippen molar-refractivity contribution in [2.45, 2.75) is 38.5 Å². The first-order valence-corrected chi connectivity index (χ1v) is 10.4. The minimum Gasteiger partial charge on any atom is -0.496 e. The maximum atomic E-state index is 13.5. The third-order valence-corrected chi connectivity index (χ3v) is 6.14. The lowest BCUT2D eigenvalue weighted by Gasteiger charge is -2.39. The highest BCUT2D eigenvalue weighted by Gasteiger charge is 2.41. The van der Waals surface area contributed by atoms with Gasteiger partial charge in [0.25, 0.3) is 0 Å². The van der Waals surface area contributed by atoms with Gasteiger partial charge in [-0.3, -0.25) is 14.5 Å². The van der Waals surface area contributed by atoms with Crippen LogP contribution < -0.4 is 19.1 Å². The van der Waals surface area contributed by atoms with Gasteiger partial charge in [0.15, 0.2) is 17.3 Å². The van der Waals surface area contributed by atoms with Gasteiger partial charge in [0.1, 0.15) is 5.75 Å². The Morgan fingerprint density at radius 3 is 2.26 bits per heavy atom. The summed E-state index contributed by atoms with van der Waals surface area (Å²) >= 11 is 0. The smallest absolute Gasteiger partial charge is 0.232 e. The zero-order valence-electron chi connectivity index (χ0n) is 18.4. The first kappa shape index (κ1) is 21.0. The molecule has 1 unspecified atom stereocenters. The van der Waals surface area contributed by atoms with Crippen molar-refractivity contribution in [3.63, 3.8) is 0 Å². The molecule has 162 valence electrons. The van der Waals surface area contributed by atoms with E-state index in [0.717, 1.165) is 28.9 Å². The van der Waals surface area contributed by atoms with E-state index in [4.69, 9.17) is 14.2 Å². The summed E-state index contributed by atoms with van der Waals surface area (Å²) in [5.74, 6) is 1.34. The van der Waals surface area contributed by atoms with Crippen LogP contribution in [0.25, 0.3) is 0 Å². The number of methoxy groups -OCH3 is 3. The number of rotatable bonds is 5. The summed E-state index contributed by atoms with van der Waals surface area (Å²) in [6.45, 7) is 1.98. The number of carbonyl (C=O) groups excluding carboxylic acids is 2. The van der Waals surface area contributed by atoms with E-state index in [0.29, 0.717) is 35.7 Å². The lowest BCUT2D eigenvalue weighted by molar-refractivity contribution is -0.119. The van der Waals surface area contributed by atoms with E-state index in [1.165, 1.54) is 0 Å². The Morgan fingerprint density at radius 1 is 0.903 bits per heavy atom. The Hall–Kier alpha value is -3.28. The number of hydrogen-bond acceptors (Lipinski definition) is 5. The molecule has 0 bridgehead atoms. The van der Waals surface area contributed by atoms with E-state index in [1.54, 1.807) is 32.3 Å². The van der Waals surface area contributed by atoms with Gasteiger partial charge < -0.3 is 14.2 Å². The van der Waals surface area contributed by atoms with Gasteiger partial charge in [-0.15, -0.1) is 0 Å². The molecule has 0 radical (unpaired) electrons. The molecular weight excluding hydrogens is 394 g/mol. The highest BCUT2D eigenvalue weighted by Crippen LogP contribution is 2.48. The number of aryl methyl sites for hydroxylation is 1. The van der Waals surface area contributed by atoms with Crippen molar-refractivity contribution in [2.24, 2.45) is 0 Å². The Balaban J connectivity index is 1.92. The van der Waals surface area contributed by atoms with Crippen molar-refractivity contribution in [3.05, 3.63) is 58.8 Å². The highest BCUT2D eigenvalue weighted by molar-refractivity contribution is 6.07. The molecular formula is C25H27NO5. The number of para-hydroxylation sites is 1. The van der Waals surface area contributed by atoms with Crippen LogP contribution in [0.3, 0.4) is 0 Å². The molecule has 1 atom stereocenters. The van der Waals surface area contributed by atoms with Crippen LogP contribution in [0.2, 0.25) is 0 Å². The molecule has 1 heterocycles. The summed E-state index contributed by atoms with van der Waals surface area (Å²) in [5, 5.41) is 0. The van der Waals surface area contributed by atoms with Gasteiger partial charge in [-0.25, -0.2) is 0 Å². The van der Waals surface area contributed by atoms with Crippen molar-refractivity contribution in [1.82, 2.24) is 0 Å². The number of hydrogen-bond donors (Lipinski definition) is 0. The van der Waals surface area contributed by atoms with Gasteiger partial charge in [-0.2, -0.15) is 0 Å². The van der Waals surface area contributed by atoms with Crippen LogP contribution in [0.4, 0.5) is 5.69 Å². The van der Waals surface area contributed by atoms with E-state index < -0.39 is 0 Å². The van der Waals surface area contributed by atoms with Crippen LogP contribution in [0, 0.1) is 6.92 Å². The largest absolute Gasteiger partial charge is 0.496 e. The van der Waals surface area contributed by atoms with E-state index in [-0.39, 0.29) is 24.0 Å². The van der Waals surface area contributed by atoms with E-state index in [2.05, 4.69) is 0 Å². The monoisotopic (exact) mass is 421 g/mol. The van der Waals surface area contributed by atoms with Crippen molar-refractivity contribution >= 4 is 17.4 Å². The molecule has 31 heavy (non-hydrogen) atoms. The fourth-order valence-electron chi connectivity index (χ4n) is 4.68. The van der Waals surface area contributed by atoms with Gasteiger partial charge in [0, 0.05) is 41.7 Å². The fraction of sp³-hybridized carbons (Fsp3) is 0.360. The minimum atomic E-state index is -0.384. The number of ether oxygens (including phenoxy) is 3. The SMILES string of the molecule is COc1cc(OC)c(C2CC(=O)N(c3ccccc3C)C3=C2C(=O)CCC3)cc1OC. The van der Waals surface area contributed by atoms with Crippen molar-refractivity contribution in [3.8, 4) is 17.2 Å². The molecule has 6 heteroatoms. The first-order chi connectivity index (χ1) is 15.0. The van der Waals surface area contributed by atoms with Crippen LogP contribution in [0.5, 0.6) is 17.2 Å². The van der Waals surface area contributed by atoms with Crippen LogP contribution in [0.1, 0.15) is 42.7 Å². The summed E-state index contributed by atoms with van der Waals surface area (Å²) in [6, 6.07) is 11.4. The third-order valence-electron chi connectivity index (χ3n) is 6.14. The fourth-order valence-corrected chi connectivity index (χ4v) is 4.68. The molecule has 1 aliphatic carbocycles. The molecule has 0 N–H and O–H groups in total. The van der Waals surface area contributed by atoms with Crippen molar-refractivity contribution in [1.29, 1.82) is 0 Å². The molecule has 1 amide bonds. The number of anilines is 1.